The van der Waals surface area contributed by atoms with E-state index in [0.29, 0.717) is 42.6 Å². The average Bonchev–Trinajstić information content (AvgIpc) is 3.61. The van der Waals surface area contributed by atoms with E-state index >= 15 is 4.39 Å². The molecule has 2 unspecified atom stereocenters. The van der Waals surface area contributed by atoms with Gasteiger partial charge in [0, 0.05) is 54.3 Å². The number of aromatic hydroxyl groups is 1. The highest BCUT2D eigenvalue weighted by Gasteiger charge is 2.50. The maximum absolute atomic E-state index is 16.9. The van der Waals surface area contributed by atoms with Crippen LogP contribution in [0.2, 0.25) is 0 Å². The number of phenolic OH excluding ortho intramolecular Hbond substituents is 1. The molecule has 0 radical (unpaired) electrons. The largest absolute Gasteiger partial charge is 0.508 e. The maximum Gasteiger partial charge on any atom is 0.319 e. The number of anilines is 1. The molecule has 4 fully saturated rings. The van der Waals surface area contributed by atoms with E-state index in [1.54, 1.807) is 0 Å². The first-order valence-corrected chi connectivity index (χ1v) is 15.8. The fourth-order valence-electron chi connectivity index (χ4n) is 8.61. The molecule has 4 aromatic rings. The van der Waals surface area contributed by atoms with Gasteiger partial charge in [0.2, 0.25) is 0 Å². The Morgan fingerprint density at radius 2 is 1.91 bits per heavy atom. The summed E-state index contributed by atoms with van der Waals surface area (Å²) < 4.78 is 52.5. The van der Waals surface area contributed by atoms with Gasteiger partial charge in [-0.1, -0.05) is 12.0 Å². The van der Waals surface area contributed by atoms with Crippen LogP contribution < -0.4 is 15.0 Å². The van der Waals surface area contributed by atoms with Crippen molar-refractivity contribution in [2.75, 3.05) is 37.7 Å². The first-order valence-electron chi connectivity index (χ1n) is 15.8. The van der Waals surface area contributed by atoms with Crippen molar-refractivity contribution in [2.45, 2.75) is 68.7 Å². The lowest BCUT2D eigenvalue weighted by molar-refractivity contribution is 0.107. The number of nitrogens with zero attached hydrogens (tertiary/aromatic N) is 5. The highest BCUT2D eigenvalue weighted by atomic mass is 19.1. The molecule has 4 atom stereocenters. The fourth-order valence-corrected chi connectivity index (χ4v) is 8.61. The van der Waals surface area contributed by atoms with Gasteiger partial charge in [0.25, 0.3) is 0 Å². The van der Waals surface area contributed by atoms with Gasteiger partial charge in [-0.05, 0) is 69.7 Å². The second kappa shape index (κ2) is 10.2. The zero-order valence-corrected chi connectivity index (χ0v) is 25.8. The quantitative estimate of drug-likeness (QED) is 0.281. The fraction of sp³-hybridized carbons (Fsp3) is 0.457. The van der Waals surface area contributed by atoms with Crippen molar-refractivity contribution in [3.8, 4) is 35.4 Å². The zero-order valence-electron chi connectivity index (χ0n) is 25.8. The van der Waals surface area contributed by atoms with Gasteiger partial charge < -0.3 is 20.1 Å². The molecule has 4 aliphatic rings. The Kier molecular flexibility index (Phi) is 6.48. The summed E-state index contributed by atoms with van der Waals surface area (Å²) in [6.45, 7) is 7.02. The van der Waals surface area contributed by atoms with Crippen LogP contribution in [-0.2, 0) is 0 Å². The minimum Gasteiger partial charge on any atom is -0.508 e. The Balaban J connectivity index is 1.29. The predicted molar refractivity (Wildman–Crippen MR) is 170 cm³/mol. The number of terminal acetylenes is 1. The standard InChI is InChI=1S/C35H35F3N6O2/c1-4-23-26(37)7-6-20-12-22(45)13-24(27(20)23)29-28(38)30-25(15-39-29)31(43-17-33(2)9-10-34(3,18-43)42-33)41-32(40-30)46-19-35-8-5-11-44(35)16-21(36)14-35/h1,6-7,12-13,15,21,42,45H,5,8-11,14,16-19H2,2-3H3/t21-,33?,34?,35+/m1/s1. The van der Waals surface area contributed by atoms with Gasteiger partial charge in [-0.25, -0.2) is 13.2 Å². The van der Waals surface area contributed by atoms with Crippen LogP contribution in [0, 0.1) is 24.0 Å². The molecule has 0 aliphatic carbocycles. The van der Waals surface area contributed by atoms with E-state index in [1.807, 2.05) is 0 Å². The van der Waals surface area contributed by atoms with Crippen molar-refractivity contribution in [3.05, 3.63) is 47.7 Å². The highest BCUT2D eigenvalue weighted by molar-refractivity contribution is 6.03. The monoisotopic (exact) mass is 628 g/mol. The number of hydrogen-bond donors (Lipinski definition) is 2. The molecule has 2 aromatic heterocycles. The number of pyridine rings is 1. The Labute approximate surface area is 265 Å². The summed E-state index contributed by atoms with van der Waals surface area (Å²) in [5.41, 5.74) is -0.815. The molecule has 238 valence electrons. The van der Waals surface area contributed by atoms with Gasteiger partial charge in [0.05, 0.1) is 16.5 Å². The molecule has 2 aromatic carbocycles. The lowest BCUT2D eigenvalue weighted by atomic mass is 9.95. The molecule has 2 N–H and O–H groups in total. The number of benzene rings is 2. The molecule has 11 heteroatoms. The van der Waals surface area contributed by atoms with E-state index in [1.165, 1.54) is 30.5 Å². The van der Waals surface area contributed by atoms with Gasteiger partial charge >= 0.3 is 6.01 Å². The minimum absolute atomic E-state index is 0.000561. The lowest BCUT2D eigenvalue weighted by Crippen LogP contribution is -2.63. The third-order valence-electron chi connectivity index (χ3n) is 10.5. The lowest BCUT2D eigenvalue weighted by Gasteiger charge is -2.44. The summed E-state index contributed by atoms with van der Waals surface area (Å²) in [5.74, 6) is 1.32. The number of nitrogens with one attached hydrogen (secondary N) is 1. The first-order chi connectivity index (χ1) is 22.0. The van der Waals surface area contributed by atoms with Crippen molar-refractivity contribution in [3.63, 3.8) is 0 Å². The normalized spacial score (nSPS) is 29.0. The van der Waals surface area contributed by atoms with E-state index in [9.17, 15) is 13.9 Å². The zero-order chi connectivity index (χ0) is 32.0. The topological polar surface area (TPSA) is 86.6 Å². The third-order valence-corrected chi connectivity index (χ3v) is 10.5. The number of aromatic nitrogens is 3. The molecular weight excluding hydrogens is 593 g/mol. The van der Waals surface area contributed by atoms with Gasteiger partial charge in [0.1, 0.15) is 41.4 Å². The van der Waals surface area contributed by atoms with E-state index in [0.717, 1.165) is 32.2 Å². The average molecular weight is 629 g/mol. The summed E-state index contributed by atoms with van der Waals surface area (Å²) in [5, 5.41) is 15.4. The van der Waals surface area contributed by atoms with Crippen LogP contribution in [-0.4, -0.2) is 80.5 Å². The Morgan fingerprint density at radius 1 is 1.13 bits per heavy atom. The van der Waals surface area contributed by atoms with Crippen LogP contribution in [0.1, 0.15) is 51.5 Å². The molecule has 46 heavy (non-hydrogen) atoms. The molecule has 0 amide bonds. The number of ether oxygens (including phenoxy) is 1. The predicted octanol–water partition coefficient (Wildman–Crippen LogP) is 5.49. The molecule has 8 nitrogen and oxygen atoms in total. The van der Waals surface area contributed by atoms with Gasteiger partial charge in [-0.2, -0.15) is 9.97 Å². The number of alkyl halides is 1. The second-order valence-electron chi connectivity index (χ2n) is 14.1. The molecule has 2 bridgehead atoms. The van der Waals surface area contributed by atoms with Crippen molar-refractivity contribution >= 4 is 27.5 Å². The molecular formula is C35H35F3N6O2. The first kappa shape index (κ1) is 29.3. The van der Waals surface area contributed by atoms with Crippen molar-refractivity contribution in [1.82, 2.24) is 25.2 Å². The third kappa shape index (κ3) is 4.56. The summed E-state index contributed by atoms with van der Waals surface area (Å²) in [7, 11) is 0. The Hall–Kier alpha value is -4.14. The van der Waals surface area contributed by atoms with Crippen LogP contribution in [0.4, 0.5) is 19.0 Å². The van der Waals surface area contributed by atoms with E-state index in [4.69, 9.17) is 16.1 Å². The Bertz CT molecular complexity index is 1950. The SMILES string of the molecule is C#Cc1c(F)ccc2cc(O)cc(-c3ncc4c(N5CC6(C)CCC(C)(C5)N6)nc(OC[C@@]56CCCN5C[C@H](F)C6)nc4c3F)c12. The van der Waals surface area contributed by atoms with Crippen LogP contribution in [0.15, 0.2) is 30.5 Å². The van der Waals surface area contributed by atoms with E-state index in [2.05, 4.69) is 44.9 Å². The Morgan fingerprint density at radius 3 is 2.67 bits per heavy atom. The number of hydrogen-bond acceptors (Lipinski definition) is 8. The van der Waals surface area contributed by atoms with Crippen molar-refractivity contribution in [2.24, 2.45) is 0 Å². The van der Waals surface area contributed by atoms with Gasteiger partial charge in [-0.15, -0.1) is 6.42 Å². The number of piperazine rings is 1. The summed E-state index contributed by atoms with van der Waals surface area (Å²) in [4.78, 5) is 18.2. The van der Waals surface area contributed by atoms with Crippen molar-refractivity contribution < 1.29 is 23.0 Å². The molecule has 0 saturated carbocycles. The van der Waals surface area contributed by atoms with Crippen LogP contribution >= 0.6 is 0 Å². The molecule has 6 heterocycles. The summed E-state index contributed by atoms with van der Waals surface area (Å²) in [6.07, 6.45) is 10.4. The second-order valence-corrected chi connectivity index (χ2v) is 14.1. The van der Waals surface area contributed by atoms with Gasteiger partial charge in [-0.3, -0.25) is 9.88 Å². The smallest absolute Gasteiger partial charge is 0.319 e. The van der Waals surface area contributed by atoms with Crippen LogP contribution in [0.25, 0.3) is 32.9 Å². The summed E-state index contributed by atoms with van der Waals surface area (Å²) >= 11 is 0. The van der Waals surface area contributed by atoms with Gasteiger partial charge in [0.15, 0.2) is 5.82 Å². The maximum atomic E-state index is 16.9. The van der Waals surface area contributed by atoms with Crippen molar-refractivity contribution in [1.29, 1.82) is 0 Å². The number of fused-ring (bicyclic) bond motifs is 5. The number of halogens is 3. The molecule has 4 saturated heterocycles. The molecule has 4 aliphatic heterocycles. The molecule has 0 spiro atoms. The van der Waals surface area contributed by atoms with Crippen LogP contribution in [0.5, 0.6) is 11.8 Å². The highest BCUT2D eigenvalue weighted by Crippen LogP contribution is 2.43. The van der Waals surface area contributed by atoms with E-state index < -0.39 is 23.3 Å². The van der Waals surface area contributed by atoms with E-state index in [-0.39, 0.29) is 57.2 Å². The molecule has 8 rings (SSSR count). The minimum atomic E-state index is -0.921. The number of phenols is 1. The number of rotatable bonds is 5. The van der Waals surface area contributed by atoms with Crippen LogP contribution in [0.3, 0.4) is 0 Å². The summed E-state index contributed by atoms with van der Waals surface area (Å²) in [6, 6.07) is 5.48.